The third-order valence-electron chi connectivity index (χ3n) is 7.55. The van der Waals surface area contributed by atoms with Gasteiger partial charge in [0.05, 0.1) is 25.4 Å². The smallest absolute Gasteiger partial charge is 0.0900 e. The molecule has 0 unspecified atom stereocenters. The Morgan fingerprint density at radius 2 is 1.79 bits per heavy atom. The molecule has 2 N–H and O–H groups in total. The lowest BCUT2D eigenvalue weighted by atomic mass is 9.70. The molecule has 4 atom stereocenters. The van der Waals surface area contributed by atoms with Crippen LogP contribution < -0.4 is 0 Å². The van der Waals surface area contributed by atoms with Crippen molar-refractivity contribution in [1.29, 1.82) is 0 Å². The second kappa shape index (κ2) is 7.20. The van der Waals surface area contributed by atoms with Crippen molar-refractivity contribution in [2.24, 2.45) is 16.7 Å². The lowest BCUT2D eigenvalue weighted by Crippen LogP contribution is -2.49. The van der Waals surface area contributed by atoms with E-state index in [9.17, 15) is 5.11 Å². The summed E-state index contributed by atoms with van der Waals surface area (Å²) in [7, 11) is 0. The van der Waals surface area contributed by atoms with Crippen LogP contribution in [-0.2, 0) is 4.74 Å². The maximum absolute atomic E-state index is 10.4. The number of aliphatic hydroxyl groups is 2. The van der Waals surface area contributed by atoms with Crippen LogP contribution in [0.2, 0.25) is 0 Å². The number of aliphatic hydroxyl groups excluding tert-OH is 2. The Labute approximate surface area is 147 Å². The van der Waals surface area contributed by atoms with Crippen molar-refractivity contribution in [3.8, 4) is 0 Å². The number of piperazine rings is 1. The number of fused-ring (bicyclic) bond motifs is 2. The molecule has 5 heteroatoms. The fraction of sp³-hybridized carbons (Fsp3) is 1.00. The number of rotatable bonds is 7. The molecular formula is C19H36N2O3. The molecule has 0 spiro atoms. The highest BCUT2D eigenvalue weighted by Gasteiger charge is 2.61. The van der Waals surface area contributed by atoms with Crippen LogP contribution in [0, 0.1) is 16.7 Å². The van der Waals surface area contributed by atoms with Crippen LogP contribution >= 0.6 is 0 Å². The molecule has 2 aliphatic carbocycles. The molecule has 140 valence electrons. The Morgan fingerprint density at radius 1 is 1.12 bits per heavy atom. The summed E-state index contributed by atoms with van der Waals surface area (Å²) in [6.07, 6.45) is 3.67. The maximum Gasteiger partial charge on any atom is 0.0900 e. The predicted molar refractivity (Wildman–Crippen MR) is 94.9 cm³/mol. The van der Waals surface area contributed by atoms with E-state index in [1.165, 1.54) is 12.8 Å². The molecule has 0 aromatic heterocycles. The van der Waals surface area contributed by atoms with Crippen molar-refractivity contribution in [2.45, 2.75) is 52.2 Å². The van der Waals surface area contributed by atoms with E-state index < -0.39 is 6.10 Å². The number of hydrogen-bond donors (Lipinski definition) is 2. The summed E-state index contributed by atoms with van der Waals surface area (Å²) in [6, 6.07) is 0. The monoisotopic (exact) mass is 340 g/mol. The van der Waals surface area contributed by atoms with Gasteiger partial charge in [-0.15, -0.1) is 0 Å². The summed E-state index contributed by atoms with van der Waals surface area (Å²) in [5.74, 6) is 0.782. The van der Waals surface area contributed by atoms with E-state index in [2.05, 4.69) is 30.6 Å². The van der Waals surface area contributed by atoms with Gasteiger partial charge < -0.3 is 14.9 Å². The van der Waals surface area contributed by atoms with Gasteiger partial charge in [0.2, 0.25) is 0 Å². The molecule has 1 aliphatic heterocycles. The van der Waals surface area contributed by atoms with Gasteiger partial charge in [-0.2, -0.15) is 0 Å². The van der Waals surface area contributed by atoms with E-state index in [1.807, 2.05) is 0 Å². The number of β-amino-alcohol motifs (C(OH)–C–C–N with tert-alkyl or cyclic N) is 2. The van der Waals surface area contributed by atoms with Crippen molar-refractivity contribution in [3.05, 3.63) is 0 Å². The quantitative estimate of drug-likeness (QED) is 0.729. The highest BCUT2D eigenvalue weighted by Crippen LogP contribution is 2.66. The molecule has 3 aliphatic rings. The molecule has 1 saturated heterocycles. The van der Waals surface area contributed by atoms with Crippen molar-refractivity contribution in [1.82, 2.24) is 9.80 Å². The molecular weight excluding hydrogens is 304 g/mol. The first-order valence-corrected chi connectivity index (χ1v) is 9.72. The molecule has 3 rings (SSSR count). The average molecular weight is 341 g/mol. The molecule has 0 amide bonds. The van der Waals surface area contributed by atoms with Crippen LogP contribution in [-0.4, -0.2) is 84.7 Å². The van der Waals surface area contributed by atoms with E-state index >= 15 is 0 Å². The predicted octanol–water partition coefficient (Wildman–Crippen LogP) is 1.19. The summed E-state index contributed by atoms with van der Waals surface area (Å²) >= 11 is 0. The zero-order valence-corrected chi connectivity index (χ0v) is 15.7. The van der Waals surface area contributed by atoms with Gasteiger partial charge in [0, 0.05) is 39.3 Å². The zero-order chi connectivity index (χ0) is 17.4. The fourth-order valence-corrected chi connectivity index (χ4v) is 5.30. The van der Waals surface area contributed by atoms with Gasteiger partial charge in [-0.1, -0.05) is 20.8 Å². The molecule has 0 aromatic carbocycles. The number of ether oxygens (including phenoxy) is 1. The van der Waals surface area contributed by atoms with Crippen LogP contribution in [0.1, 0.15) is 40.0 Å². The largest absolute Gasteiger partial charge is 0.395 e. The minimum atomic E-state index is -0.403. The first kappa shape index (κ1) is 18.6. The van der Waals surface area contributed by atoms with E-state index in [1.54, 1.807) is 0 Å². The minimum absolute atomic E-state index is 0.230. The Balaban J connectivity index is 1.40. The van der Waals surface area contributed by atoms with E-state index in [4.69, 9.17) is 9.84 Å². The van der Waals surface area contributed by atoms with Gasteiger partial charge in [-0.25, -0.2) is 0 Å². The normalized spacial score (nSPS) is 37.9. The second-order valence-electron chi connectivity index (χ2n) is 8.95. The Morgan fingerprint density at radius 3 is 2.33 bits per heavy atom. The average Bonchev–Trinajstić information content (AvgIpc) is 2.88. The van der Waals surface area contributed by atoms with Crippen LogP contribution in [0.3, 0.4) is 0 Å². The van der Waals surface area contributed by atoms with Crippen molar-refractivity contribution < 1.29 is 14.9 Å². The lowest BCUT2D eigenvalue weighted by molar-refractivity contribution is -0.0807. The van der Waals surface area contributed by atoms with Crippen LogP contribution in [0.15, 0.2) is 0 Å². The molecule has 2 saturated carbocycles. The molecule has 2 bridgehead atoms. The number of hydrogen-bond acceptors (Lipinski definition) is 5. The third-order valence-corrected chi connectivity index (χ3v) is 7.55. The van der Waals surface area contributed by atoms with Crippen molar-refractivity contribution >= 4 is 0 Å². The molecule has 24 heavy (non-hydrogen) atoms. The molecule has 0 radical (unpaired) electrons. The Bertz CT molecular complexity index is 423. The van der Waals surface area contributed by atoms with E-state index in [0.717, 1.165) is 45.1 Å². The van der Waals surface area contributed by atoms with Gasteiger partial charge >= 0.3 is 0 Å². The standard InChI is InChI=1S/C19H36N2O3/c1-18(2)15-4-5-19(18,3)17(12-15)24-14-16(23)13-21-8-6-20(7-9-21)10-11-22/h15-17,22-23H,4-14H2,1-3H3/t15-,16+,17-,19-/m0/s1. The summed E-state index contributed by atoms with van der Waals surface area (Å²) in [4.78, 5) is 4.59. The maximum atomic E-state index is 10.4. The summed E-state index contributed by atoms with van der Waals surface area (Å²) < 4.78 is 6.22. The van der Waals surface area contributed by atoms with Crippen LogP contribution in [0.4, 0.5) is 0 Å². The Kier molecular flexibility index (Phi) is 5.57. The SMILES string of the molecule is CC1(C)[C@H]2CC[C@@]1(C)[C@@H](OC[C@H](O)CN1CCN(CCO)CC1)C2. The minimum Gasteiger partial charge on any atom is -0.395 e. The van der Waals surface area contributed by atoms with Crippen LogP contribution in [0.5, 0.6) is 0 Å². The molecule has 0 aromatic rings. The zero-order valence-electron chi connectivity index (χ0n) is 15.7. The number of nitrogens with zero attached hydrogens (tertiary/aromatic N) is 2. The van der Waals surface area contributed by atoms with Gasteiger partial charge in [0.25, 0.3) is 0 Å². The third kappa shape index (κ3) is 3.38. The highest BCUT2D eigenvalue weighted by molar-refractivity contribution is 5.11. The second-order valence-corrected chi connectivity index (χ2v) is 8.95. The molecule has 5 nitrogen and oxygen atoms in total. The highest BCUT2D eigenvalue weighted by atomic mass is 16.5. The van der Waals surface area contributed by atoms with Gasteiger partial charge in [-0.3, -0.25) is 9.80 Å². The van der Waals surface area contributed by atoms with Crippen LogP contribution in [0.25, 0.3) is 0 Å². The molecule has 1 heterocycles. The van der Waals surface area contributed by atoms with Crippen molar-refractivity contribution in [3.63, 3.8) is 0 Å². The summed E-state index contributed by atoms with van der Waals surface area (Å²) in [6.45, 7) is 13.2. The first-order chi connectivity index (χ1) is 11.4. The molecule has 3 fully saturated rings. The van der Waals surface area contributed by atoms with Gasteiger partial charge in [-0.05, 0) is 36.0 Å². The summed E-state index contributed by atoms with van der Waals surface area (Å²) in [5.41, 5.74) is 0.638. The fourth-order valence-electron chi connectivity index (χ4n) is 5.30. The lowest BCUT2D eigenvalue weighted by Gasteiger charge is -2.39. The van der Waals surface area contributed by atoms with Crippen molar-refractivity contribution in [2.75, 3.05) is 52.5 Å². The summed E-state index contributed by atoms with van der Waals surface area (Å²) in [5, 5.41) is 19.4. The van der Waals surface area contributed by atoms with E-state index in [0.29, 0.717) is 24.7 Å². The van der Waals surface area contributed by atoms with E-state index in [-0.39, 0.29) is 12.0 Å². The first-order valence-electron chi connectivity index (χ1n) is 9.72. The Hall–Kier alpha value is -0.200. The van der Waals surface area contributed by atoms with Gasteiger partial charge in [0.1, 0.15) is 0 Å². The van der Waals surface area contributed by atoms with Gasteiger partial charge in [0.15, 0.2) is 0 Å². The topological polar surface area (TPSA) is 56.2 Å².